The molecule has 0 radical (unpaired) electrons. The van der Waals surface area contributed by atoms with E-state index in [1.807, 2.05) is 0 Å². The van der Waals surface area contributed by atoms with Gasteiger partial charge in [-0.05, 0) is 55.5 Å². The lowest BCUT2D eigenvalue weighted by atomic mass is 9.79. The molecule has 0 spiro atoms. The molecule has 2 rings (SSSR count). The van der Waals surface area contributed by atoms with Crippen LogP contribution < -0.4 is 5.32 Å². The van der Waals surface area contributed by atoms with Crippen molar-refractivity contribution >= 4 is 15.9 Å². The minimum absolute atomic E-state index is 0.545. The Bertz CT molecular complexity index is 385. The molecule has 1 unspecified atom stereocenters. The maximum absolute atomic E-state index is 3.73. The van der Waals surface area contributed by atoms with E-state index in [0.717, 1.165) is 12.5 Å². The van der Waals surface area contributed by atoms with Gasteiger partial charge in [0.25, 0.3) is 0 Å². The first-order chi connectivity index (χ1) is 8.70. The Labute approximate surface area is 119 Å². The van der Waals surface area contributed by atoms with Gasteiger partial charge in [-0.3, -0.25) is 0 Å². The van der Waals surface area contributed by atoms with Gasteiger partial charge in [-0.25, -0.2) is 0 Å². The Balaban J connectivity index is 2.09. The quantitative estimate of drug-likeness (QED) is 0.780. The van der Waals surface area contributed by atoms with Gasteiger partial charge in [0.05, 0.1) is 0 Å². The zero-order valence-electron chi connectivity index (χ0n) is 11.5. The van der Waals surface area contributed by atoms with Crippen molar-refractivity contribution in [2.75, 3.05) is 6.54 Å². The van der Waals surface area contributed by atoms with Crippen LogP contribution in [0.4, 0.5) is 0 Å². The Morgan fingerprint density at radius 2 is 2.17 bits per heavy atom. The van der Waals surface area contributed by atoms with E-state index in [9.17, 15) is 0 Å². The lowest BCUT2D eigenvalue weighted by Gasteiger charge is -2.31. The Hall–Kier alpha value is -0.340. The third-order valence-electron chi connectivity index (χ3n) is 4.04. The third-order valence-corrected chi connectivity index (χ3v) is 4.54. The molecule has 0 aromatic heterocycles. The second-order valence-electron chi connectivity index (χ2n) is 5.54. The number of rotatable bonds is 6. The maximum Gasteiger partial charge on any atom is 0.0325 e. The minimum atomic E-state index is 0.545. The van der Waals surface area contributed by atoms with Crippen molar-refractivity contribution < 1.29 is 0 Å². The normalized spacial score (nSPS) is 17.5. The van der Waals surface area contributed by atoms with E-state index in [4.69, 9.17) is 0 Å². The van der Waals surface area contributed by atoms with Crippen molar-refractivity contribution in [1.29, 1.82) is 0 Å². The predicted octanol–water partition coefficient (Wildman–Crippen LogP) is 4.99. The summed E-state index contributed by atoms with van der Waals surface area (Å²) in [5.41, 5.74) is 2.89. The Morgan fingerprint density at radius 3 is 2.72 bits per heavy atom. The van der Waals surface area contributed by atoms with Crippen LogP contribution in [0, 0.1) is 12.8 Å². The summed E-state index contributed by atoms with van der Waals surface area (Å²) < 4.78 is 1.18. The van der Waals surface area contributed by atoms with E-state index >= 15 is 0 Å². The number of halogens is 1. The van der Waals surface area contributed by atoms with E-state index in [0.29, 0.717) is 6.04 Å². The van der Waals surface area contributed by atoms with Crippen molar-refractivity contribution in [3.63, 3.8) is 0 Å². The fraction of sp³-hybridized carbons (Fsp3) is 0.625. The highest BCUT2D eigenvalue weighted by Crippen LogP contribution is 2.35. The molecule has 0 saturated heterocycles. The van der Waals surface area contributed by atoms with E-state index in [2.05, 4.69) is 53.3 Å². The number of benzene rings is 1. The van der Waals surface area contributed by atoms with Crippen LogP contribution in [0.25, 0.3) is 0 Å². The number of aryl methyl sites for hydroxylation is 1. The van der Waals surface area contributed by atoms with Gasteiger partial charge >= 0.3 is 0 Å². The van der Waals surface area contributed by atoms with E-state index in [1.165, 1.54) is 47.7 Å². The van der Waals surface area contributed by atoms with Crippen LogP contribution in [0.5, 0.6) is 0 Å². The van der Waals surface area contributed by atoms with Gasteiger partial charge in [0, 0.05) is 10.5 Å². The van der Waals surface area contributed by atoms with Crippen molar-refractivity contribution in [1.82, 2.24) is 5.32 Å². The lowest BCUT2D eigenvalue weighted by molar-refractivity contribution is 0.261. The predicted molar refractivity (Wildman–Crippen MR) is 81.9 cm³/mol. The molecule has 1 N–H and O–H groups in total. The fourth-order valence-electron chi connectivity index (χ4n) is 2.73. The molecular weight excluding hydrogens is 286 g/mol. The zero-order chi connectivity index (χ0) is 13.0. The smallest absolute Gasteiger partial charge is 0.0325 e. The highest BCUT2D eigenvalue weighted by atomic mass is 79.9. The second-order valence-corrected chi connectivity index (χ2v) is 6.46. The molecule has 2 heteroatoms. The Morgan fingerprint density at radius 1 is 1.39 bits per heavy atom. The van der Waals surface area contributed by atoms with Gasteiger partial charge in [0.1, 0.15) is 0 Å². The summed E-state index contributed by atoms with van der Waals surface area (Å²) in [5.74, 6) is 0.947. The third kappa shape index (κ3) is 3.58. The maximum atomic E-state index is 3.73. The number of hydrogen-bond acceptors (Lipinski definition) is 1. The van der Waals surface area contributed by atoms with Crippen LogP contribution >= 0.6 is 15.9 Å². The SMILES string of the molecule is CCCNC(CC1CCC1)c1ccc(Br)cc1C. The minimum Gasteiger partial charge on any atom is -0.310 e. The lowest BCUT2D eigenvalue weighted by Crippen LogP contribution is -2.27. The summed E-state index contributed by atoms with van der Waals surface area (Å²) in [7, 11) is 0. The molecule has 0 amide bonds. The topological polar surface area (TPSA) is 12.0 Å². The van der Waals surface area contributed by atoms with Crippen molar-refractivity contribution in [2.24, 2.45) is 5.92 Å². The molecule has 1 fully saturated rings. The largest absolute Gasteiger partial charge is 0.310 e. The molecule has 1 aromatic carbocycles. The summed E-state index contributed by atoms with van der Waals surface area (Å²) in [6.45, 7) is 5.58. The summed E-state index contributed by atoms with van der Waals surface area (Å²) in [4.78, 5) is 0. The monoisotopic (exact) mass is 309 g/mol. The molecular formula is C16H24BrN. The molecule has 100 valence electrons. The van der Waals surface area contributed by atoms with Gasteiger partial charge in [0.15, 0.2) is 0 Å². The summed E-state index contributed by atoms with van der Waals surface area (Å²) >= 11 is 3.55. The van der Waals surface area contributed by atoms with Crippen LogP contribution in [0.1, 0.15) is 56.2 Å². The van der Waals surface area contributed by atoms with Gasteiger partial charge in [-0.15, -0.1) is 0 Å². The van der Waals surface area contributed by atoms with Crippen LogP contribution in [0.3, 0.4) is 0 Å². The van der Waals surface area contributed by atoms with Crippen molar-refractivity contribution in [3.8, 4) is 0 Å². The molecule has 0 heterocycles. The standard InChI is InChI=1S/C16H24BrN/c1-3-9-18-16(11-13-5-4-6-13)15-8-7-14(17)10-12(15)2/h7-8,10,13,16,18H,3-6,9,11H2,1-2H3. The Kier molecular flexibility index (Phi) is 5.25. The molecule has 1 aliphatic carbocycles. The van der Waals surface area contributed by atoms with Crippen molar-refractivity contribution in [3.05, 3.63) is 33.8 Å². The van der Waals surface area contributed by atoms with Crippen LogP contribution in [0.15, 0.2) is 22.7 Å². The summed E-state index contributed by atoms with van der Waals surface area (Å²) in [6, 6.07) is 7.23. The van der Waals surface area contributed by atoms with Crippen LogP contribution in [-0.2, 0) is 0 Å². The molecule has 1 saturated carbocycles. The molecule has 0 aliphatic heterocycles. The van der Waals surface area contributed by atoms with E-state index in [-0.39, 0.29) is 0 Å². The average molecular weight is 310 g/mol. The van der Waals surface area contributed by atoms with Crippen LogP contribution in [0.2, 0.25) is 0 Å². The molecule has 0 bridgehead atoms. The first-order valence-corrected chi connectivity index (χ1v) is 7.99. The molecule has 18 heavy (non-hydrogen) atoms. The average Bonchev–Trinajstić information content (AvgIpc) is 2.28. The first-order valence-electron chi connectivity index (χ1n) is 7.20. The van der Waals surface area contributed by atoms with E-state index < -0.39 is 0 Å². The van der Waals surface area contributed by atoms with Crippen molar-refractivity contribution in [2.45, 2.75) is 52.0 Å². The highest BCUT2D eigenvalue weighted by Gasteiger charge is 2.23. The second kappa shape index (κ2) is 6.72. The zero-order valence-corrected chi connectivity index (χ0v) is 13.1. The van der Waals surface area contributed by atoms with Crippen LogP contribution in [-0.4, -0.2) is 6.54 Å². The fourth-order valence-corrected chi connectivity index (χ4v) is 3.21. The van der Waals surface area contributed by atoms with Gasteiger partial charge in [0.2, 0.25) is 0 Å². The van der Waals surface area contributed by atoms with Gasteiger partial charge in [-0.1, -0.05) is 48.2 Å². The van der Waals surface area contributed by atoms with E-state index in [1.54, 1.807) is 0 Å². The number of nitrogens with one attached hydrogen (secondary N) is 1. The summed E-state index contributed by atoms with van der Waals surface area (Å²) in [6.07, 6.45) is 6.81. The summed E-state index contributed by atoms with van der Waals surface area (Å²) in [5, 5.41) is 3.73. The van der Waals surface area contributed by atoms with Gasteiger partial charge in [-0.2, -0.15) is 0 Å². The molecule has 1 aromatic rings. The first kappa shape index (κ1) is 14.1. The molecule has 1 nitrogen and oxygen atoms in total. The molecule has 1 atom stereocenters. The number of hydrogen-bond donors (Lipinski definition) is 1. The molecule has 1 aliphatic rings. The van der Waals surface area contributed by atoms with Gasteiger partial charge < -0.3 is 5.32 Å². The highest BCUT2D eigenvalue weighted by molar-refractivity contribution is 9.10.